The Morgan fingerprint density at radius 1 is 1.44 bits per heavy atom. The molecule has 0 spiro atoms. The molecule has 1 aromatic rings. The van der Waals surface area contributed by atoms with Crippen molar-refractivity contribution in [3.05, 3.63) is 40.9 Å². The number of rotatable bonds is 3. The molecule has 0 saturated heterocycles. The molecular formula is C15H18ClNO. The first-order chi connectivity index (χ1) is 8.63. The SMILES string of the molecule is CC1CCC(NC(=O)/C=C/c2cccc(Cl)c2)C1. The molecule has 1 aromatic carbocycles. The van der Waals surface area contributed by atoms with Crippen LogP contribution in [0, 0.1) is 5.92 Å². The third-order valence-corrected chi connectivity index (χ3v) is 3.55. The van der Waals surface area contributed by atoms with E-state index in [2.05, 4.69) is 12.2 Å². The summed E-state index contributed by atoms with van der Waals surface area (Å²) in [6.45, 7) is 2.23. The number of amides is 1. The van der Waals surface area contributed by atoms with Crippen molar-refractivity contribution in [2.24, 2.45) is 5.92 Å². The van der Waals surface area contributed by atoms with Gasteiger partial charge in [-0.15, -0.1) is 0 Å². The Balaban J connectivity index is 1.87. The highest BCUT2D eigenvalue weighted by Crippen LogP contribution is 2.24. The van der Waals surface area contributed by atoms with Gasteiger partial charge in [-0.3, -0.25) is 4.79 Å². The van der Waals surface area contributed by atoms with E-state index in [1.807, 2.05) is 24.3 Å². The van der Waals surface area contributed by atoms with Crippen molar-refractivity contribution in [2.45, 2.75) is 32.2 Å². The second-order valence-electron chi connectivity index (χ2n) is 5.01. The van der Waals surface area contributed by atoms with Gasteiger partial charge < -0.3 is 5.32 Å². The van der Waals surface area contributed by atoms with Gasteiger partial charge in [0.05, 0.1) is 0 Å². The molecule has 1 aliphatic rings. The first kappa shape index (κ1) is 13.2. The molecule has 18 heavy (non-hydrogen) atoms. The predicted molar refractivity (Wildman–Crippen MR) is 75.4 cm³/mol. The van der Waals surface area contributed by atoms with Gasteiger partial charge in [0.15, 0.2) is 0 Å². The maximum Gasteiger partial charge on any atom is 0.244 e. The Morgan fingerprint density at radius 2 is 2.28 bits per heavy atom. The molecule has 96 valence electrons. The van der Waals surface area contributed by atoms with E-state index in [4.69, 9.17) is 11.6 Å². The minimum Gasteiger partial charge on any atom is -0.350 e. The van der Waals surface area contributed by atoms with Crippen molar-refractivity contribution in [1.29, 1.82) is 0 Å². The number of benzene rings is 1. The van der Waals surface area contributed by atoms with Gasteiger partial charge in [0.1, 0.15) is 0 Å². The van der Waals surface area contributed by atoms with Gasteiger partial charge in [0.25, 0.3) is 0 Å². The number of hydrogen-bond acceptors (Lipinski definition) is 1. The van der Waals surface area contributed by atoms with Crippen LogP contribution in [0.5, 0.6) is 0 Å². The van der Waals surface area contributed by atoms with Crippen LogP contribution in [0.2, 0.25) is 5.02 Å². The number of carbonyl (C=O) groups excluding carboxylic acids is 1. The lowest BCUT2D eigenvalue weighted by Crippen LogP contribution is -2.31. The van der Waals surface area contributed by atoms with Gasteiger partial charge in [0, 0.05) is 17.1 Å². The molecule has 1 fully saturated rings. The molecule has 1 saturated carbocycles. The summed E-state index contributed by atoms with van der Waals surface area (Å²) in [5.41, 5.74) is 0.942. The molecule has 2 unspecified atom stereocenters. The first-order valence-electron chi connectivity index (χ1n) is 6.37. The van der Waals surface area contributed by atoms with E-state index in [-0.39, 0.29) is 5.91 Å². The summed E-state index contributed by atoms with van der Waals surface area (Å²) in [5, 5.41) is 3.72. The summed E-state index contributed by atoms with van der Waals surface area (Å²) in [7, 11) is 0. The van der Waals surface area contributed by atoms with E-state index in [0.29, 0.717) is 11.1 Å². The van der Waals surface area contributed by atoms with E-state index in [9.17, 15) is 4.79 Å². The van der Waals surface area contributed by atoms with Crippen LogP contribution >= 0.6 is 11.6 Å². The molecule has 2 nitrogen and oxygen atoms in total. The van der Waals surface area contributed by atoms with Crippen LogP contribution < -0.4 is 5.32 Å². The Labute approximate surface area is 113 Å². The largest absolute Gasteiger partial charge is 0.350 e. The molecule has 0 aliphatic heterocycles. The average molecular weight is 264 g/mol. The minimum absolute atomic E-state index is 0.0194. The summed E-state index contributed by atoms with van der Waals surface area (Å²) >= 11 is 5.88. The van der Waals surface area contributed by atoms with Crippen LogP contribution in [-0.4, -0.2) is 11.9 Å². The van der Waals surface area contributed by atoms with Crippen molar-refractivity contribution in [3.8, 4) is 0 Å². The monoisotopic (exact) mass is 263 g/mol. The van der Waals surface area contributed by atoms with Crippen LogP contribution in [-0.2, 0) is 4.79 Å². The fourth-order valence-corrected chi connectivity index (χ4v) is 2.57. The Bertz CT molecular complexity index is 456. The normalized spacial score (nSPS) is 23.4. The van der Waals surface area contributed by atoms with E-state index in [1.54, 1.807) is 12.2 Å². The molecule has 2 rings (SSSR count). The lowest BCUT2D eigenvalue weighted by atomic mass is 10.1. The maximum absolute atomic E-state index is 11.7. The van der Waals surface area contributed by atoms with Crippen molar-refractivity contribution < 1.29 is 4.79 Å². The highest BCUT2D eigenvalue weighted by atomic mass is 35.5. The second kappa shape index (κ2) is 6.05. The maximum atomic E-state index is 11.7. The number of hydrogen-bond donors (Lipinski definition) is 1. The molecule has 0 radical (unpaired) electrons. The minimum atomic E-state index is -0.0194. The predicted octanol–water partition coefficient (Wildman–Crippen LogP) is 3.66. The van der Waals surface area contributed by atoms with E-state index < -0.39 is 0 Å². The quantitative estimate of drug-likeness (QED) is 0.829. The zero-order chi connectivity index (χ0) is 13.0. The molecule has 0 heterocycles. The lowest BCUT2D eigenvalue weighted by molar-refractivity contribution is -0.117. The Morgan fingerprint density at radius 3 is 2.94 bits per heavy atom. The smallest absolute Gasteiger partial charge is 0.244 e. The van der Waals surface area contributed by atoms with Crippen LogP contribution in [0.25, 0.3) is 6.08 Å². The fraction of sp³-hybridized carbons (Fsp3) is 0.400. The van der Waals surface area contributed by atoms with Crippen LogP contribution in [0.1, 0.15) is 31.7 Å². The summed E-state index contributed by atoms with van der Waals surface area (Å²) in [6, 6.07) is 7.80. The van der Waals surface area contributed by atoms with Crippen molar-refractivity contribution >= 4 is 23.6 Å². The zero-order valence-electron chi connectivity index (χ0n) is 10.5. The second-order valence-corrected chi connectivity index (χ2v) is 5.45. The van der Waals surface area contributed by atoms with Gasteiger partial charge in [-0.05, 0) is 49.0 Å². The van der Waals surface area contributed by atoms with E-state index in [1.165, 1.54) is 6.42 Å². The number of carbonyl (C=O) groups is 1. The molecule has 1 amide bonds. The molecule has 3 heteroatoms. The van der Waals surface area contributed by atoms with Crippen molar-refractivity contribution in [3.63, 3.8) is 0 Å². The van der Waals surface area contributed by atoms with Crippen LogP contribution in [0.3, 0.4) is 0 Å². The molecule has 2 atom stereocenters. The van der Waals surface area contributed by atoms with E-state index >= 15 is 0 Å². The highest BCUT2D eigenvalue weighted by molar-refractivity contribution is 6.30. The summed E-state index contributed by atoms with van der Waals surface area (Å²) in [5.74, 6) is 0.710. The molecule has 0 aromatic heterocycles. The summed E-state index contributed by atoms with van der Waals surface area (Å²) in [6.07, 6.45) is 6.77. The number of nitrogens with one attached hydrogen (secondary N) is 1. The summed E-state index contributed by atoms with van der Waals surface area (Å²) in [4.78, 5) is 11.7. The topological polar surface area (TPSA) is 29.1 Å². The third-order valence-electron chi connectivity index (χ3n) is 3.32. The highest BCUT2D eigenvalue weighted by Gasteiger charge is 2.21. The molecular weight excluding hydrogens is 246 g/mol. The van der Waals surface area contributed by atoms with Gasteiger partial charge in [-0.1, -0.05) is 30.7 Å². The number of halogens is 1. The van der Waals surface area contributed by atoms with Gasteiger partial charge >= 0.3 is 0 Å². The van der Waals surface area contributed by atoms with Crippen LogP contribution in [0.4, 0.5) is 0 Å². The molecule has 0 bridgehead atoms. The van der Waals surface area contributed by atoms with Gasteiger partial charge in [-0.2, -0.15) is 0 Å². The van der Waals surface area contributed by atoms with Gasteiger partial charge in [0.2, 0.25) is 5.91 Å². The first-order valence-corrected chi connectivity index (χ1v) is 6.75. The third kappa shape index (κ3) is 3.88. The van der Waals surface area contributed by atoms with Crippen molar-refractivity contribution in [2.75, 3.05) is 0 Å². The van der Waals surface area contributed by atoms with Gasteiger partial charge in [-0.25, -0.2) is 0 Å². The summed E-state index contributed by atoms with van der Waals surface area (Å²) < 4.78 is 0. The van der Waals surface area contributed by atoms with Crippen molar-refractivity contribution in [1.82, 2.24) is 5.32 Å². The average Bonchev–Trinajstić information content (AvgIpc) is 2.72. The fourth-order valence-electron chi connectivity index (χ4n) is 2.37. The standard InChI is InChI=1S/C15H18ClNO/c1-11-5-7-14(9-11)17-15(18)8-6-12-3-2-4-13(16)10-12/h2-4,6,8,10-11,14H,5,7,9H2,1H3,(H,17,18)/b8-6+. The molecule has 1 N–H and O–H groups in total. The Kier molecular flexibility index (Phi) is 4.43. The Hall–Kier alpha value is -1.28. The van der Waals surface area contributed by atoms with E-state index in [0.717, 1.165) is 24.3 Å². The van der Waals surface area contributed by atoms with Crippen LogP contribution in [0.15, 0.2) is 30.3 Å². The molecule has 1 aliphatic carbocycles. The zero-order valence-corrected chi connectivity index (χ0v) is 11.3. The lowest BCUT2D eigenvalue weighted by Gasteiger charge is -2.09.